The molecule has 0 atom stereocenters. The Kier molecular flexibility index (Phi) is 5.54. The van der Waals surface area contributed by atoms with Gasteiger partial charge in [-0.05, 0) is 45.5 Å². The summed E-state index contributed by atoms with van der Waals surface area (Å²) in [5, 5.41) is 4.96. The lowest BCUT2D eigenvalue weighted by atomic mass is 9.84. The van der Waals surface area contributed by atoms with E-state index in [1.165, 1.54) is 66.1 Å². The molecule has 2 nitrogen and oxygen atoms in total. The van der Waals surface area contributed by atoms with Crippen LogP contribution in [-0.4, -0.2) is 9.97 Å². The molecule has 2 N–H and O–H groups in total. The molecule has 2 aromatic heterocycles. The summed E-state index contributed by atoms with van der Waals surface area (Å²) < 4.78 is 0. The third kappa shape index (κ3) is 3.75. The second kappa shape index (κ2) is 9.86. The molecule has 0 fully saturated rings. The van der Waals surface area contributed by atoms with Crippen molar-refractivity contribution < 1.29 is 0 Å². The third-order valence-corrected chi connectivity index (χ3v) is 9.01. The van der Waals surface area contributed by atoms with Crippen molar-refractivity contribution in [3.05, 3.63) is 158 Å². The van der Waals surface area contributed by atoms with Crippen LogP contribution in [0.25, 0.3) is 88.1 Å². The Labute approximate surface area is 255 Å². The fourth-order valence-electron chi connectivity index (χ4n) is 7.06. The molecule has 7 aromatic carbocycles. The molecule has 9 rings (SSSR count). The van der Waals surface area contributed by atoms with E-state index >= 15 is 0 Å². The molecule has 44 heavy (non-hydrogen) atoms. The van der Waals surface area contributed by atoms with Crippen molar-refractivity contribution in [3.63, 3.8) is 0 Å². The molecule has 0 amide bonds. The van der Waals surface area contributed by atoms with Crippen LogP contribution < -0.4 is 0 Å². The van der Waals surface area contributed by atoms with Crippen LogP contribution in [0, 0.1) is 0 Å². The standard InChI is InChI=1S/C42H28N2/c1-2-13-27(14-3-1)28-15-4-5-16-29(28)32-19-10-20-33(36-23-11-21-34-30-17-6-8-25-38(30)43-41(34)36)40(32)37-24-12-22-35-31-18-7-9-26-39(31)44-42(35)37/h1-26,43-44H. The van der Waals surface area contributed by atoms with E-state index in [1.54, 1.807) is 0 Å². The van der Waals surface area contributed by atoms with Gasteiger partial charge in [-0.2, -0.15) is 0 Å². The van der Waals surface area contributed by atoms with Gasteiger partial charge < -0.3 is 9.97 Å². The number of hydrogen-bond donors (Lipinski definition) is 2. The number of para-hydroxylation sites is 4. The van der Waals surface area contributed by atoms with Gasteiger partial charge in [0, 0.05) is 43.7 Å². The first-order valence-corrected chi connectivity index (χ1v) is 15.1. The summed E-state index contributed by atoms with van der Waals surface area (Å²) in [6.07, 6.45) is 0. The fraction of sp³-hybridized carbons (Fsp3) is 0. The zero-order valence-electron chi connectivity index (χ0n) is 24.0. The first-order valence-electron chi connectivity index (χ1n) is 15.1. The molecule has 0 spiro atoms. The summed E-state index contributed by atoms with van der Waals surface area (Å²) in [6.45, 7) is 0. The maximum Gasteiger partial charge on any atom is 0.0544 e. The summed E-state index contributed by atoms with van der Waals surface area (Å²) in [5.74, 6) is 0. The predicted molar refractivity (Wildman–Crippen MR) is 187 cm³/mol. The van der Waals surface area contributed by atoms with Crippen LogP contribution in [-0.2, 0) is 0 Å². The van der Waals surface area contributed by atoms with Crippen molar-refractivity contribution >= 4 is 43.6 Å². The number of hydrogen-bond acceptors (Lipinski definition) is 0. The van der Waals surface area contributed by atoms with Crippen molar-refractivity contribution in [2.45, 2.75) is 0 Å². The number of aromatic nitrogens is 2. The molecule has 2 heterocycles. The Bertz CT molecular complexity index is 2490. The number of fused-ring (bicyclic) bond motifs is 6. The van der Waals surface area contributed by atoms with E-state index < -0.39 is 0 Å². The van der Waals surface area contributed by atoms with Gasteiger partial charge in [-0.1, -0.05) is 146 Å². The van der Waals surface area contributed by atoms with Crippen molar-refractivity contribution in [2.75, 3.05) is 0 Å². The summed E-state index contributed by atoms with van der Waals surface area (Å²) in [7, 11) is 0. The highest BCUT2D eigenvalue weighted by atomic mass is 14.7. The second-order valence-corrected chi connectivity index (χ2v) is 11.4. The van der Waals surface area contributed by atoms with E-state index in [0.29, 0.717) is 0 Å². The maximum atomic E-state index is 3.80. The van der Waals surface area contributed by atoms with Gasteiger partial charge in [-0.3, -0.25) is 0 Å². The monoisotopic (exact) mass is 560 g/mol. The van der Waals surface area contributed by atoms with E-state index in [9.17, 15) is 0 Å². The van der Waals surface area contributed by atoms with Gasteiger partial charge in [0.15, 0.2) is 0 Å². The Morgan fingerprint density at radius 1 is 0.273 bits per heavy atom. The largest absolute Gasteiger partial charge is 0.354 e. The lowest BCUT2D eigenvalue weighted by molar-refractivity contribution is 1.51. The van der Waals surface area contributed by atoms with Crippen LogP contribution in [0.5, 0.6) is 0 Å². The highest BCUT2D eigenvalue weighted by molar-refractivity contribution is 6.17. The van der Waals surface area contributed by atoms with E-state index in [2.05, 4.69) is 168 Å². The van der Waals surface area contributed by atoms with E-state index in [4.69, 9.17) is 0 Å². The van der Waals surface area contributed by atoms with Gasteiger partial charge in [-0.15, -0.1) is 0 Å². The molecular weight excluding hydrogens is 532 g/mol. The fourth-order valence-corrected chi connectivity index (χ4v) is 7.06. The molecule has 9 aromatic rings. The Balaban J connectivity index is 1.42. The summed E-state index contributed by atoms with van der Waals surface area (Å²) in [5.41, 5.74) is 14.3. The van der Waals surface area contributed by atoms with Crippen LogP contribution in [0.2, 0.25) is 0 Å². The second-order valence-electron chi connectivity index (χ2n) is 11.4. The van der Waals surface area contributed by atoms with E-state index in [0.717, 1.165) is 22.1 Å². The quantitative estimate of drug-likeness (QED) is 0.215. The van der Waals surface area contributed by atoms with Crippen LogP contribution in [0.4, 0.5) is 0 Å². The van der Waals surface area contributed by atoms with Crippen LogP contribution in [0.15, 0.2) is 158 Å². The Morgan fingerprint density at radius 3 is 1.39 bits per heavy atom. The van der Waals surface area contributed by atoms with Gasteiger partial charge in [-0.25, -0.2) is 0 Å². The third-order valence-electron chi connectivity index (χ3n) is 9.01. The number of nitrogens with one attached hydrogen (secondary N) is 2. The van der Waals surface area contributed by atoms with Crippen LogP contribution in [0.3, 0.4) is 0 Å². The zero-order chi connectivity index (χ0) is 29.0. The molecular formula is C42H28N2. The smallest absolute Gasteiger partial charge is 0.0544 e. The summed E-state index contributed by atoms with van der Waals surface area (Å²) in [4.78, 5) is 7.57. The Morgan fingerprint density at radius 2 is 0.705 bits per heavy atom. The average molecular weight is 561 g/mol. The normalized spacial score (nSPS) is 11.6. The molecule has 0 bridgehead atoms. The first-order chi connectivity index (χ1) is 21.8. The minimum atomic E-state index is 1.15. The molecule has 0 radical (unpaired) electrons. The van der Waals surface area contributed by atoms with Gasteiger partial charge in [0.2, 0.25) is 0 Å². The molecule has 0 aliphatic carbocycles. The first kappa shape index (κ1) is 24.7. The topological polar surface area (TPSA) is 31.6 Å². The van der Waals surface area contributed by atoms with Crippen LogP contribution in [0.1, 0.15) is 0 Å². The average Bonchev–Trinajstić information content (AvgIpc) is 3.67. The van der Waals surface area contributed by atoms with Gasteiger partial charge in [0.1, 0.15) is 0 Å². The SMILES string of the molecule is c1ccc(-c2ccccc2-c2cccc(-c3cccc4c3[nH]c3ccccc34)c2-c2cccc3c2[nH]c2ccccc23)cc1. The lowest BCUT2D eigenvalue weighted by Gasteiger charge is -2.19. The van der Waals surface area contributed by atoms with Gasteiger partial charge in [0.05, 0.1) is 11.0 Å². The molecule has 0 unspecified atom stereocenters. The zero-order valence-corrected chi connectivity index (χ0v) is 24.0. The lowest BCUT2D eigenvalue weighted by Crippen LogP contribution is -1.94. The maximum absolute atomic E-state index is 3.80. The highest BCUT2D eigenvalue weighted by Gasteiger charge is 2.21. The minimum Gasteiger partial charge on any atom is -0.354 e. The van der Waals surface area contributed by atoms with Gasteiger partial charge >= 0.3 is 0 Å². The number of rotatable bonds is 4. The molecule has 206 valence electrons. The molecule has 0 aliphatic heterocycles. The highest BCUT2D eigenvalue weighted by Crippen LogP contribution is 2.47. The molecule has 2 heteroatoms. The van der Waals surface area contributed by atoms with E-state index in [1.807, 2.05) is 0 Å². The number of benzene rings is 7. The predicted octanol–water partition coefficient (Wildman–Crippen LogP) is 11.6. The van der Waals surface area contributed by atoms with Crippen molar-refractivity contribution in [1.82, 2.24) is 9.97 Å². The van der Waals surface area contributed by atoms with Crippen molar-refractivity contribution in [2.24, 2.45) is 0 Å². The van der Waals surface area contributed by atoms with Gasteiger partial charge in [0.25, 0.3) is 0 Å². The van der Waals surface area contributed by atoms with Crippen LogP contribution >= 0.6 is 0 Å². The number of H-pyrrole nitrogens is 2. The molecule has 0 saturated heterocycles. The summed E-state index contributed by atoms with van der Waals surface area (Å²) in [6, 6.07) is 56.8. The van der Waals surface area contributed by atoms with Crippen molar-refractivity contribution in [3.8, 4) is 44.5 Å². The number of aromatic amines is 2. The Hall–Kier alpha value is -5.86. The molecule has 0 saturated carbocycles. The van der Waals surface area contributed by atoms with Crippen molar-refractivity contribution in [1.29, 1.82) is 0 Å². The van der Waals surface area contributed by atoms with E-state index in [-0.39, 0.29) is 0 Å². The summed E-state index contributed by atoms with van der Waals surface area (Å²) >= 11 is 0. The molecule has 0 aliphatic rings. The minimum absolute atomic E-state index is 1.15.